The Labute approximate surface area is 241 Å². The lowest BCUT2D eigenvalue weighted by Gasteiger charge is -2.41. The topological polar surface area (TPSA) is 73.4 Å². The normalized spacial score (nSPS) is 19.4. The van der Waals surface area contributed by atoms with Gasteiger partial charge in [0.05, 0.1) is 24.5 Å². The fourth-order valence-electron chi connectivity index (χ4n) is 5.61. The summed E-state index contributed by atoms with van der Waals surface area (Å²) in [4.78, 5) is 28.4. The molecule has 0 saturated carbocycles. The molecule has 3 heterocycles. The lowest BCUT2D eigenvalue weighted by molar-refractivity contribution is -0.137. The monoisotopic (exact) mass is 589 g/mol. The van der Waals surface area contributed by atoms with Gasteiger partial charge in [0.25, 0.3) is 5.91 Å². The van der Waals surface area contributed by atoms with Crippen LogP contribution in [0.5, 0.6) is 0 Å². The molecule has 1 atom stereocenters. The van der Waals surface area contributed by atoms with Crippen molar-refractivity contribution in [1.29, 1.82) is 0 Å². The molecule has 1 aromatic heterocycles. The Kier molecular flexibility index (Phi) is 9.44. The maximum Gasteiger partial charge on any atom is 0.416 e. The van der Waals surface area contributed by atoms with Crippen LogP contribution in [0, 0.1) is 5.82 Å². The Morgan fingerprint density at radius 3 is 2.67 bits per heavy atom. The van der Waals surface area contributed by atoms with Gasteiger partial charge in [0.15, 0.2) is 0 Å². The lowest BCUT2D eigenvalue weighted by atomic mass is 9.99. The molecule has 5 rings (SSSR count). The van der Waals surface area contributed by atoms with Gasteiger partial charge in [-0.1, -0.05) is 23.4 Å². The van der Waals surface area contributed by atoms with E-state index in [1.807, 2.05) is 37.4 Å². The zero-order valence-electron chi connectivity index (χ0n) is 23.5. The number of fused-ring (bicyclic) bond motifs is 1. The molecule has 3 aromatic rings. The molecule has 2 saturated heterocycles. The van der Waals surface area contributed by atoms with E-state index in [9.17, 15) is 22.4 Å². The van der Waals surface area contributed by atoms with Gasteiger partial charge >= 0.3 is 6.18 Å². The molecule has 2 aromatic carbocycles. The number of halogens is 4. The number of hydrogen-bond donors (Lipinski definition) is 1. The number of aromatic nitrogens is 1. The molecule has 0 aliphatic carbocycles. The fraction of sp³-hybridized carbons (Fsp3) is 0.467. The Morgan fingerprint density at radius 2 is 1.88 bits per heavy atom. The van der Waals surface area contributed by atoms with Gasteiger partial charge in [-0.2, -0.15) is 13.2 Å². The first-order chi connectivity index (χ1) is 20.2. The van der Waals surface area contributed by atoms with E-state index in [-0.39, 0.29) is 18.2 Å². The fourth-order valence-corrected chi connectivity index (χ4v) is 5.61. The molecule has 2 fully saturated rings. The molecule has 8 nitrogen and oxygen atoms in total. The van der Waals surface area contributed by atoms with Gasteiger partial charge in [-0.05, 0) is 43.2 Å². The highest BCUT2D eigenvalue weighted by atomic mass is 19.4. The molecular formula is C30H35F4N5O3. The number of alkyl halides is 3. The molecule has 0 radical (unpaired) electrons. The molecule has 42 heavy (non-hydrogen) atoms. The number of carbonyl (C=O) groups excluding carboxylic acids is 1. The van der Waals surface area contributed by atoms with E-state index in [0.29, 0.717) is 38.7 Å². The van der Waals surface area contributed by atoms with Crippen molar-refractivity contribution in [3.8, 4) is 0 Å². The summed E-state index contributed by atoms with van der Waals surface area (Å²) in [5, 5.41) is 5.28. The van der Waals surface area contributed by atoms with Gasteiger partial charge in [-0.25, -0.2) is 4.39 Å². The number of carbonyl (C=O) groups is 1. The standard InChI is InChI=1S/C30H35F4N5O3/c1-21(36-42-13-10-37-8-11-41-12-9-37)19-38-6-7-39(29(40)22-14-24(30(32,33)34)17-25(31)15-22)26(20-38)16-23-18-35-28-5-3-2-4-27(23)28/h2-5,14-15,17-18,26,35H,6-13,16,19-20H2,1H3/b36-21+/t26-/m1/s1. The number of ether oxygens (including phenoxy) is 1. The summed E-state index contributed by atoms with van der Waals surface area (Å²) >= 11 is 0. The maximum absolute atomic E-state index is 14.2. The number of para-hydroxylation sites is 1. The van der Waals surface area contributed by atoms with E-state index in [1.54, 1.807) is 4.90 Å². The molecular weight excluding hydrogens is 554 g/mol. The third kappa shape index (κ3) is 7.47. The van der Waals surface area contributed by atoms with E-state index >= 15 is 0 Å². The first kappa shape index (κ1) is 30.0. The van der Waals surface area contributed by atoms with Crippen molar-refractivity contribution in [3.63, 3.8) is 0 Å². The minimum absolute atomic E-state index is 0.273. The summed E-state index contributed by atoms with van der Waals surface area (Å²) in [5.74, 6) is -1.72. The number of nitrogens with one attached hydrogen (secondary N) is 1. The minimum Gasteiger partial charge on any atom is -0.394 e. The van der Waals surface area contributed by atoms with Gasteiger partial charge < -0.3 is 19.5 Å². The molecule has 2 aliphatic rings. The summed E-state index contributed by atoms with van der Waals surface area (Å²) in [6, 6.07) is 9.44. The Morgan fingerprint density at radius 1 is 1.10 bits per heavy atom. The largest absolute Gasteiger partial charge is 0.416 e. The number of oxime groups is 1. The molecule has 0 spiro atoms. The second-order valence-electron chi connectivity index (χ2n) is 10.8. The zero-order valence-corrected chi connectivity index (χ0v) is 23.5. The maximum atomic E-state index is 14.2. The SMILES string of the molecule is C/C(CN1CCN(C(=O)c2cc(F)cc(C(F)(F)F)c2)[C@H](Cc2c[nH]c3ccccc23)C1)=N\OCCN1CCOCC1. The first-order valence-electron chi connectivity index (χ1n) is 14.1. The number of nitrogens with zero attached hydrogens (tertiary/aromatic N) is 4. The van der Waals surface area contributed by atoms with Crippen molar-refractivity contribution in [2.45, 2.75) is 25.6 Å². The molecule has 2 aliphatic heterocycles. The average Bonchev–Trinajstić information content (AvgIpc) is 3.37. The van der Waals surface area contributed by atoms with Crippen LogP contribution in [-0.2, 0) is 22.2 Å². The van der Waals surface area contributed by atoms with Crippen LogP contribution in [0.3, 0.4) is 0 Å². The third-order valence-corrected chi connectivity index (χ3v) is 7.71. The number of aromatic amines is 1. The molecule has 12 heteroatoms. The minimum atomic E-state index is -4.76. The van der Waals surface area contributed by atoms with Crippen LogP contribution in [-0.4, -0.2) is 103 Å². The third-order valence-electron chi connectivity index (χ3n) is 7.71. The second-order valence-corrected chi connectivity index (χ2v) is 10.8. The summed E-state index contributed by atoms with van der Waals surface area (Å²) < 4.78 is 59.7. The first-order valence-corrected chi connectivity index (χ1v) is 14.1. The van der Waals surface area contributed by atoms with Crippen molar-refractivity contribution in [2.75, 3.05) is 65.6 Å². The number of H-pyrrole nitrogens is 1. The van der Waals surface area contributed by atoms with Crippen LogP contribution < -0.4 is 0 Å². The Balaban J connectivity index is 1.30. The number of hydrogen-bond acceptors (Lipinski definition) is 6. The lowest BCUT2D eigenvalue weighted by Crippen LogP contribution is -2.56. The van der Waals surface area contributed by atoms with Crippen molar-refractivity contribution >= 4 is 22.5 Å². The van der Waals surface area contributed by atoms with Crippen LogP contribution in [0.1, 0.15) is 28.4 Å². The van der Waals surface area contributed by atoms with Crippen LogP contribution in [0.2, 0.25) is 0 Å². The van der Waals surface area contributed by atoms with Crippen LogP contribution in [0.15, 0.2) is 53.8 Å². The van der Waals surface area contributed by atoms with Crippen LogP contribution >= 0.6 is 0 Å². The predicted molar refractivity (Wildman–Crippen MR) is 151 cm³/mol. The van der Waals surface area contributed by atoms with Crippen molar-refractivity contribution in [3.05, 3.63) is 71.2 Å². The summed E-state index contributed by atoms with van der Waals surface area (Å²) in [6.07, 6.45) is -2.40. The highest BCUT2D eigenvalue weighted by molar-refractivity contribution is 5.95. The van der Waals surface area contributed by atoms with E-state index in [1.165, 1.54) is 0 Å². The molecule has 1 amide bonds. The molecule has 1 N–H and O–H groups in total. The Bertz CT molecular complexity index is 1400. The number of morpholine rings is 1. The Hall–Kier alpha value is -3.48. The zero-order chi connectivity index (χ0) is 29.7. The van der Waals surface area contributed by atoms with Gasteiger partial charge in [0.2, 0.25) is 0 Å². The predicted octanol–water partition coefficient (Wildman–Crippen LogP) is 4.42. The highest BCUT2D eigenvalue weighted by Crippen LogP contribution is 2.31. The number of rotatable bonds is 9. The van der Waals surface area contributed by atoms with Gasteiger partial charge in [-0.3, -0.25) is 14.6 Å². The summed E-state index contributed by atoms with van der Waals surface area (Å²) in [6.45, 7) is 8.05. The average molecular weight is 590 g/mol. The van der Waals surface area contributed by atoms with Crippen molar-refractivity contribution in [2.24, 2.45) is 5.16 Å². The summed E-state index contributed by atoms with van der Waals surface area (Å²) in [7, 11) is 0. The number of piperazine rings is 1. The van der Waals surface area contributed by atoms with Gasteiger partial charge in [-0.15, -0.1) is 0 Å². The van der Waals surface area contributed by atoms with Crippen molar-refractivity contribution in [1.82, 2.24) is 19.7 Å². The van der Waals surface area contributed by atoms with Gasteiger partial charge in [0.1, 0.15) is 12.4 Å². The highest BCUT2D eigenvalue weighted by Gasteiger charge is 2.35. The van der Waals surface area contributed by atoms with E-state index in [4.69, 9.17) is 9.57 Å². The van der Waals surface area contributed by atoms with Crippen molar-refractivity contribution < 1.29 is 31.9 Å². The molecule has 0 unspecified atom stereocenters. The van der Waals surface area contributed by atoms with Crippen LogP contribution in [0.25, 0.3) is 10.9 Å². The van der Waals surface area contributed by atoms with E-state index in [2.05, 4.69) is 19.9 Å². The number of amides is 1. The molecule has 0 bridgehead atoms. The number of benzene rings is 2. The second kappa shape index (κ2) is 13.2. The van der Waals surface area contributed by atoms with Crippen LogP contribution in [0.4, 0.5) is 17.6 Å². The quantitative estimate of drug-likeness (QED) is 0.173. The van der Waals surface area contributed by atoms with Gasteiger partial charge in [0, 0.05) is 74.5 Å². The van der Waals surface area contributed by atoms with E-state index < -0.39 is 23.5 Å². The summed E-state index contributed by atoms with van der Waals surface area (Å²) in [5.41, 5.74) is 1.23. The van der Waals surface area contributed by atoms with E-state index in [0.717, 1.165) is 67.2 Å². The molecule has 226 valence electrons. The smallest absolute Gasteiger partial charge is 0.394 e.